The van der Waals surface area contributed by atoms with Gasteiger partial charge in [-0.25, -0.2) is 4.98 Å². The number of carbonyl (C=O) groups is 2. The average molecular weight is 317 g/mol. The molecule has 1 aromatic heterocycles. The fraction of sp³-hybridized carbons (Fsp3) is 0.312. The van der Waals surface area contributed by atoms with E-state index in [2.05, 4.69) is 29.5 Å². The molecule has 0 saturated heterocycles. The minimum absolute atomic E-state index is 0.211. The lowest BCUT2D eigenvalue weighted by Crippen LogP contribution is -2.25. The van der Waals surface area contributed by atoms with Crippen molar-refractivity contribution in [2.24, 2.45) is 5.92 Å². The molecular weight excluding hydrogens is 298 g/mol. The molecule has 0 spiro atoms. The van der Waals surface area contributed by atoms with E-state index >= 15 is 0 Å². The summed E-state index contributed by atoms with van der Waals surface area (Å²) in [6.45, 7) is 4.83. The zero-order valence-corrected chi connectivity index (χ0v) is 13.4. The van der Waals surface area contributed by atoms with Gasteiger partial charge in [0, 0.05) is 17.5 Å². The SMILES string of the molecule is CC(C)CCNC(=O)c1csc(NC(=O)c2ccccc2)n1. The first-order valence-corrected chi connectivity index (χ1v) is 8.04. The minimum Gasteiger partial charge on any atom is -0.351 e. The van der Waals surface area contributed by atoms with Crippen LogP contribution in [0.15, 0.2) is 35.7 Å². The molecule has 0 fully saturated rings. The lowest BCUT2D eigenvalue weighted by molar-refractivity contribution is 0.0946. The number of amides is 2. The van der Waals surface area contributed by atoms with E-state index in [0.29, 0.717) is 28.9 Å². The lowest BCUT2D eigenvalue weighted by atomic mass is 10.1. The first kappa shape index (κ1) is 16.2. The van der Waals surface area contributed by atoms with Gasteiger partial charge >= 0.3 is 0 Å². The van der Waals surface area contributed by atoms with E-state index < -0.39 is 0 Å². The van der Waals surface area contributed by atoms with Crippen LogP contribution in [0.5, 0.6) is 0 Å². The van der Waals surface area contributed by atoms with Crippen LogP contribution in [0.2, 0.25) is 0 Å². The summed E-state index contributed by atoms with van der Waals surface area (Å²) in [6.07, 6.45) is 0.924. The van der Waals surface area contributed by atoms with Crippen LogP contribution < -0.4 is 10.6 Å². The number of anilines is 1. The van der Waals surface area contributed by atoms with Crippen LogP contribution >= 0.6 is 11.3 Å². The first-order valence-electron chi connectivity index (χ1n) is 7.16. The highest BCUT2D eigenvalue weighted by Gasteiger charge is 2.13. The third kappa shape index (κ3) is 4.66. The Balaban J connectivity index is 1.91. The van der Waals surface area contributed by atoms with E-state index in [4.69, 9.17) is 0 Å². The van der Waals surface area contributed by atoms with Gasteiger partial charge in [-0.1, -0.05) is 32.0 Å². The Morgan fingerprint density at radius 3 is 2.59 bits per heavy atom. The van der Waals surface area contributed by atoms with E-state index in [-0.39, 0.29) is 11.8 Å². The van der Waals surface area contributed by atoms with Crippen LogP contribution in [0.3, 0.4) is 0 Å². The van der Waals surface area contributed by atoms with Crippen molar-refractivity contribution < 1.29 is 9.59 Å². The average Bonchev–Trinajstić information content (AvgIpc) is 2.96. The van der Waals surface area contributed by atoms with Crippen LogP contribution in [0, 0.1) is 5.92 Å². The number of carbonyl (C=O) groups excluding carboxylic acids is 2. The Labute approximate surface area is 133 Å². The number of hydrogen-bond donors (Lipinski definition) is 2. The normalized spacial score (nSPS) is 10.5. The van der Waals surface area contributed by atoms with Gasteiger partial charge in [0.15, 0.2) is 5.13 Å². The van der Waals surface area contributed by atoms with Crippen molar-refractivity contribution in [1.82, 2.24) is 10.3 Å². The molecule has 0 aliphatic rings. The predicted octanol–water partition coefficient (Wildman–Crippen LogP) is 3.17. The number of thiazole rings is 1. The van der Waals surface area contributed by atoms with Gasteiger partial charge in [0.25, 0.3) is 11.8 Å². The lowest BCUT2D eigenvalue weighted by Gasteiger charge is -2.05. The van der Waals surface area contributed by atoms with Crippen molar-refractivity contribution in [3.63, 3.8) is 0 Å². The molecule has 22 heavy (non-hydrogen) atoms. The summed E-state index contributed by atoms with van der Waals surface area (Å²) in [7, 11) is 0. The summed E-state index contributed by atoms with van der Waals surface area (Å²) >= 11 is 1.24. The van der Waals surface area contributed by atoms with Crippen LogP contribution in [0.4, 0.5) is 5.13 Å². The van der Waals surface area contributed by atoms with Gasteiger partial charge in [-0.15, -0.1) is 11.3 Å². The Hall–Kier alpha value is -2.21. The van der Waals surface area contributed by atoms with Gasteiger partial charge in [-0.2, -0.15) is 0 Å². The number of nitrogens with zero attached hydrogens (tertiary/aromatic N) is 1. The molecule has 2 aromatic rings. The molecular formula is C16H19N3O2S. The topological polar surface area (TPSA) is 71.1 Å². The van der Waals surface area contributed by atoms with Gasteiger partial charge in [0.2, 0.25) is 0 Å². The molecule has 1 aromatic carbocycles. The van der Waals surface area contributed by atoms with Crippen molar-refractivity contribution in [2.45, 2.75) is 20.3 Å². The van der Waals surface area contributed by atoms with Crippen molar-refractivity contribution in [2.75, 3.05) is 11.9 Å². The predicted molar refractivity (Wildman–Crippen MR) is 88.3 cm³/mol. The molecule has 0 aliphatic heterocycles. The third-order valence-electron chi connectivity index (χ3n) is 3.00. The molecule has 0 aliphatic carbocycles. The summed E-state index contributed by atoms with van der Waals surface area (Å²) < 4.78 is 0. The largest absolute Gasteiger partial charge is 0.351 e. The summed E-state index contributed by atoms with van der Waals surface area (Å²) in [5, 5.41) is 7.58. The molecule has 116 valence electrons. The van der Waals surface area contributed by atoms with Crippen molar-refractivity contribution in [3.8, 4) is 0 Å². The summed E-state index contributed by atoms with van der Waals surface area (Å²) in [6, 6.07) is 8.89. The molecule has 0 saturated carbocycles. The number of aromatic nitrogens is 1. The number of rotatable bonds is 6. The summed E-state index contributed by atoms with van der Waals surface area (Å²) in [5.41, 5.74) is 0.887. The number of nitrogens with one attached hydrogen (secondary N) is 2. The summed E-state index contributed by atoms with van der Waals surface area (Å²) in [4.78, 5) is 28.1. The Kier molecular flexibility index (Phi) is 5.66. The zero-order valence-electron chi connectivity index (χ0n) is 12.6. The highest BCUT2D eigenvalue weighted by molar-refractivity contribution is 7.14. The maximum Gasteiger partial charge on any atom is 0.270 e. The Morgan fingerprint density at radius 2 is 1.91 bits per heavy atom. The summed E-state index contributed by atoms with van der Waals surface area (Å²) in [5.74, 6) is 0.0929. The van der Waals surface area contributed by atoms with E-state index in [1.165, 1.54) is 11.3 Å². The molecule has 5 nitrogen and oxygen atoms in total. The fourth-order valence-electron chi connectivity index (χ4n) is 1.76. The van der Waals surface area contributed by atoms with E-state index in [0.717, 1.165) is 6.42 Å². The van der Waals surface area contributed by atoms with E-state index in [1.807, 2.05) is 6.07 Å². The zero-order chi connectivity index (χ0) is 15.9. The van der Waals surface area contributed by atoms with Crippen LogP contribution in [-0.2, 0) is 0 Å². The second kappa shape index (κ2) is 7.70. The van der Waals surface area contributed by atoms with Gasteiger partial charge in [0.1, 0.15) is 5.69 Å². The fourth-order valence-corrected chi connectivity index (χ4v) is 2.44. The highest BCUT2D eigenvalue weighted by atomic mass is 32.1. The highest BCUT2D eigenvalue weighted by Crippen LogP contribution is 2.16. The molecule has 1 heterocycles. The van der Waals surface area contributed by atoms with Crippen molar-refractivity contribution in [3.05, 3.63) is 47.0 Å². The quantitative estimate of drug-likeness (QED) is 0.859. The monoisotopic (exact) mass is 317 g/mol. The van der Waals surface area contributed by atoms with E-state index in [9.17, 15) is 9.59 Å². The van der Waals surface area contributed by atoms with Gasteiger partial charge < -0.3 is 5.32 Å². The standard InChI is InChI=1S/C16H19N3O2S/c1-11(2)8-9-17-15(21)13-10-22-16(18-13)19-14(20)12-6-4-3-5-7-12/h3-7,10-11H,8-9H2,1-2H3,(H,17,21)(H,18,19,20). The van der Waals surface area contributed by atoms with Crippen molar-refractivity contribution in [1.29, 1.82) is 0 Å². The third-order valence-corrected chi connectivity index (χ3v) is 3.76. The number of hydrogen-bond acceptors (Lipinski definition) is 4. The van der Waals surface area contributed by atoms with Gasteiger partial charge in [0.05, 0.1) is 0 Å². The van der Waals surface area contributed by atoms with Crippen molar-refractivity contribution >= 4 is 28.3 Å². The molecule has 0 unspecified atom stereocenters. The van der Waals surface area contributed by atoms with Crippen LogP contribution in [0.1, 0.15) is 41.1 Å². The molecule has 0 bridgehead atoms. The molecule has 0 atom stereocenters. The molecule has 0 radical (unpaired) electrons. The molecule has 6 heteroatoms. The second-order valence-corrected chi connectivity index (χ2v) is 6.15. The molecule has 2 rings (SSSR count). The minimum atomic E-state index is -0.235. The van der Waals surface area contributed by atoms with Crippen LogP contribution in [-0.4, -0.2) is 23.3 Å². The van der Waals surface area contributed by atoms with Gasteiger partial charge in [-0.3, -0.25) is 14.9 Å². The maximum atomic E-state index is 12.0. The number of benzene rings is 1. The maximum absolute atomic E-state index is 12.0. The molecule has 2 amide bonds. The smallest absolute Gasteiger partial charge is 0.270 e. The Bertz CT molecular complexity index is 638. The first-order chi connectivity index (χ1) is 10.6. The Morgan fingerprint density at radius 1 is 1.18 bits per heavy atom. The second-order valence-electron chi connectivity index (χ2n) is 5.30. The van der Waals surface area contributed by atoms with Crippen LogP contribution in [0.25, 0.3) is 0 Å². The van der Waals surface area contributed by atoms with Gasteiger partial charge in [-0.05, 0) is 24.5 Å². The van der Waals surface area contributed by atoms with E-state index in [1.54, 1.807) is 29.6 Å². The molecule has 2 N–H and O–H groups in total.